The van der Waals surface area contributed by atoms with Gasteiger partial charge in [0.15, 0.2) is 0 Å². The molecule has 0 spiro atoms. The van der Waals surface area contributed by atoms with Gasteiger partial charge in [-0.3, -0.25) is 9.59 Å². The Labute approximate surface area is 157 Å². The van der Waals surface area contributed by atoms with Crippen molar-refractivity contribution in [2.24, 2.45) is 0 Å². The maximum atomic E-state index is 12.7. The molecule has 7 heteroatoms. The third-order valence-electron chi connectivity index (χ3n) is 4.32. The summed E-state index contributed by atoms with van der Waals surface area (Å²) in [5, 5.41) is -0.449. The van der Waals surface area contributed by atoms with Gasteiger partial charge < -0.3 is 9.64 Å². The van der Waals surface area contributed by atoms with Crippen molar-refractivity contribution in [1.82, 2.24) is 4.90 Å². The number of morpholine rings is 1. The smallest absolute Gasteiger partial charge is 0.247 e. The van der Waals surface area contributed by atoms with Crippen LogP contribution >= 0.6 is 24.0 Å². The van der Waals surface area contributed by atoms with Gasteiger partial charge in [-0.1, -0.05) is 41.7 Å². The van der Waals surface area contributed by atoms with Gasteiger partial charge in [-0.2, -0.15) is 0 Å². The Morgan fingerprint density at radius 2 is 1.76 bits per heavy atom. The van der Waals surface area contributed by atoms with Crippen molar-refractivity contribution in [3.63, 3.8) is 0 Å². The number of aryl methyl sites for hydroxylation is 1. The van der Waals surface area contributed by atoms with Crippen LogP contribution in [0.4, 0.5) is 5.69 Å². The first-order valence-electron chi connectivity index (χ1n) is 8.39. The quantitative estimate of drug-likeness (QED) is 0.583. The highest BCUT2D eigenvalue weighted by atomic mass is 32.2. The molecule has 3 atom stereocenters. The van der Waals surface area contributed by atoms with Gasteiger partial charge in [-0.05, 0) is 32.9 Å². The number of imide groups is 1. The highest BCUT2D eigenvalue weighted by molar-refractivity contribution is 8.23. The van der Waals surface area contributed by atoms with E-state index < -0.39 is 5.25 Å². The van der Waals surface area contributed by atoms with E-state index in [-0.39, 0.29) is 30.4 Å². The average Bonchev–Trinajstić information content (AvgIpc) is 2.81. The average molecular weight is 379 g/mol. The highest BCUT2D eigenvalue weighted by Crippen LogP contribution is 2.32. The fourth-order valence-electron chi connectivity index (χ4n) is 3.18. The number of thioether (sulfide) groups is 1. The molecule has 0 aromatic heterocycles. The first kappa shape index (κ1) is 18.4. The molecule has 2 fully saturated rings. The Kier molecular flexibility index (Phi) is 5.46. The number of carbonyl (C=O) groups excluding carboxylic acids is 2. The van der Waals surface area contributed by atoms with Crippen molar-refractivity contribution in [1.29, 1.82) is 0 Å². The molecular weight excluding hydrogens is 356 g/mol. The molecule has 2 amide bonds. The summed E-state index contributed by atoms with van der Waals surface area (Å²) in [7, 11) is 0. The molecule has 2 aliphatic heterocycles. The lowest BCUT2D eigenvalue weighted by molar-refractivity contribution is -0.121. The summed E-state index contributed by atoms with van der Waals surface area (Å²) < 4.78 is 6.39. The molecule has 134 valence electrons. The van der Waals surface area contributed by atoms with Crippen molar-refractivity contribution in [2.45, 2.75) is 44.6 Å². The van der Waals surface area contributed by atoms with E-state index in [1.54, 1.807) is 0 Å². The summed E-state index contributed by atoms with van der Waals surface area (Å²) in [6.07, 6.45) is 0.395. The SMILES string of the molecule is Cc1ccc(N2C(=O)C[C@@H](SC(=S)N3C[C@@H](C)O[C@@H](C)C3)C2=O)cc1. The van der Waals surface area contributed by atoms with Crippen molar-refractivity contribution in [2.75, 3.05) is 18.0 Å². The minimum Gasteiger partial charge on any atom is -0.372 e. The van der Waals surface area contributed by atoms with E-state index in [4.69, 9.17) is 17.0 Å². The van der Waals surface area contributed by atoms with Crippen LogP contribution in [0, 0.1) is 6.92 Å². The molecule has 2 saturated heterocycles. The van der Waals surface area contributed by atoms with Gasteiger partial charge in [0.1, 0.15) is 9.57 Å². The number of hydrogen-bond donors (Lipinski definition) is 0. The standard InChI is InChI=1S/C18H22N2O3S2/c1-11-4-6-14(7-5-11)20-16(21)8-15(17(20)22)25-18(24)19-9-12(2)23-13(3)10-19/h4-7,12-13,15H,8-10H2,1-3H3/t12-,13+,15-/m1/s1. The lowest BCUT2D eigenvalue weighted by atomic mass is 10.2. The second-order valence-electron chi connectivity index (χ2n) is 6.64. The van der Waals surface area contributed by atoms with Gasteiger partial charge in [0, 0.05) is 19.5 Å². The van der Waals surface area contributed by atoms with Gasteiger partial charge in [-0.15, -0.1) is 0 Å². The minimum atomic E-state index is -0.449. The number of rotatable bonds is 2. The van der Waals surface area contributed by atoms with Gasteiger partial charge in [0.2, 0.25) is 11.8 Å². The largest absolute Gasteiger partial charge is 0.372 e. The lowest BCUT2D eigenvalue weighted by Crippen LogP contribution is -2.47. The Hall–Kier alpha value is -1.44. The van der Waals surface area contributed by atoms with Crippen molar-refractivity contribution in [3.05, 3.63) is 29.8 Å². The second-order valence-corrected chi connectivity index (χ2v) is 8.48. The van der Waals surface area contributed by atoms with Gasteiger partial charge >= 0.3 is 0 Å². The van der Waals surface area contributed by atoms with Crippen LogP contribution in [0.25, 0.3) is 0 Å². The summed E-state index contributed by atoms with van der Waals surface area (Å²) in [5.41, 5.74) is 1.72. The number of nitrogens with zero attached hydrogens (tertiary/aromatic N) is 2. The molecule has 0 unspecified atom stereocenters. The molecule has 0 bridgehead atoms. The summed E-state index contributed by atoms with van der Waals surface area (Å²) in [4.78, 5) is 28.4. The van der Waals surface area contributed by atoms with Crippen molar-refractivity contribution >= 4 is 45.8 Å². The number of hydrogen-bond acceptors (Lipinski definition) is 5. The number of anilines is 1. The molecular formula is C18H22N2O3S2. The predicted octanol–water partition coefficient (Wildman–Crippen LogP) is 2.75. The molecule has 25 heavy (non-hydrogen) atoms. The Bertz CT molecular complexity index is 682. The fourth-order valence-corrected chi connectivity index (χ4v) is 4.66. The van der Waals surface area contributed by atoms with Crippen LogP contribution in [-0.2, 0) is 14.3 Å². The van der Waals surface area contributed by atoms with E-state index in [9.17, 15) is 9.59 Å². The maximum absolute atomic E-state index is 12.7. The summed E-state index contributed by atoms with van der Waals surface area (Å²) >= 11 is 6.85. The Morgan fingerprint density at radius 1 is 1.16 bits per heavy atom. The number of amides is 2. The van der Waals surface area contributed by atoms with E-state index in [0.717, 1.165) is 5.56 Å². The summed E-state index contributed by atoms with van der Waals surface area (Å²) in [6.45, 7) is 7.43. The number of carbonyl (C=O) groups is 2. The minimum absolute atomic E-state index is 0.104. The number of ether oxygens (including phenoxy) is 1. The molecule has 1 aromatic rings. The van der Waals surface area contributed by atoms with Crippen LogP contribution < -0.4 is 4.90 Å². The van der Waals surface area contributed by atoms with Crippen LogP contribution in [0.2, 0.25) is 0 Å². The molecule has 0 N–H and O–H groups in total. The molecule has 0 aliphatic carbocycles. The van der Waals surface area contributed by atoms with Crippen LogP contribution in [0.5, 0.6) is 0 Å². The maximum Gasteiger partial charge on any atom is 0.247 e. The van der Waals surface area contributed by atoms with Crippen LogP contribution in [0.15, 0.2) is 24.3 Å². The summed E-state index contributed by atoms with van der Waals surface area (Å²) in [6, 6.07) is 7.42. The second kappa shape index (κ2) is 7.43. The first-order chi connectivity index (χ1) is 11.8. The molecule has 3 rings (SSSR count). The molecule has 1 aromatic carbocycles. The normalized spacial score (nSPS) is 27.1. The zero-order chi connectivity index (χ0) is 18.1. The Morgan fingerprint density at radius 3 is 2.36 bits per heavy atom. The van der Waals surface area contributed by atoms with Crippen LogP contribution in [-0.4, -0.2) is 51.6 Å². The molecule has 5 nitrogen and oxygen atoms in total. The van der Waals surface area contributed by atoms with Gasteiger partial charge in [-0.25, -0.2) is 4.90 Å². The van der Waals surface area contributed by atoms with E-state index in [2.05, 4.69) is 4.90 Å². The Balaban J connectivity index is 1.68. The van der Waals surface area contributed by atoms with E-state index in [1.165, 1.54) is 16.7 Å². The number of benzene rings is 1. The van der Waals surface area contributed by atoms with Crippen molar-refractivity contribution in [3.8, 4) is 0 Å². The van der Waals surface area contributed by atoms with E-state index in [0.29, 0.717) is 23.1 Å². The van der Waals surface area contributed by atoms with Gasteiger partial charge in [0.25, 0.3) is 0 Å². The third kappa shape index (κ3) is 4.04. The highest BCUT2D eigenvalue weighted by Gasteiger charge is 2.41. The van der Waals surface area contributed by atoms with Crippen LogP contribution in [0.1, 0.15) is 25.8 Å². The zero-order valence-electron chi connectivity index (χ0n) is 14.6. The number of thiocarbonyl (C=S) groups is 1. The molecule has 0 saturated carbocycles. The molecule has 2 heterocycles. The van der Waals surface area contributed by atoms with Crippen molar-refractivity contribution < 1.29 is 14.3 Å². The van der Waals surface area contributed by atoms with E-state index >= 15 is 0 Å². The molecule has 2 aliphatic rings. The third-order valence-corrected chi connectivity index (χ3v) is 5.98. The van der Waals surface area contributed by atoms with Crippen LogP contribution in [0.3, 0.4) is 0 Å². The monoisotopic (exact) mass is 378 g/mol. The topological polar surface area (TPSA) is 49.9 Å². The zero-order valence-corrected chi connectivity index (χ0v) is 16.2. The fraction of sp³-hybridized carbons (Fsp3) is 0.500. The molecule has 0 radical (unpaired) electrons. The summed E-state index contributed by atoms with van der Waals surface area (Å²) in [5.74, 6) is -0.353. The van der Waals surface area contributed by atoms with E-state index in [1.807, 2.05) is 45.0 Å². The first-order valence-corrected chi connectivity index (χ1v) is 9.68. The van der Waals surface area contributed by atoms with Gasteiger partial charge in [0.05, 0.1) is 17.9 Å². The predicted molar refractivity (Wildman–Crippen MR) is 104 cm³/mol. The lowest BCUT2D eigenvalue weighted by Gasteiger charge is -2.36.